The van der Waals surface area contributed by atoms with Gasteiger partial charge in [0.1, 0.15) is 22.3 Å². The number of aromatic nitrogens is 2. The van der Waals surface area contributed by atoms with Crippen molar-refractivity contribution in [3.8, 4) is 22.5 Å². The first-order chi connectivity index (χ1) is 67.3. The highest BCUT2D eigenvalue weighted by Crippen LogP contribution is 2.57. The first kappa shape index (κ1) is 76.7. The lowest BCUT2D eigenvalue weighted by atomic mass is 9.94. The Kier molecular flexibility index (Phi) is 17.0. The molecule has 0 spiro atoms. The topological polar surface area (TPSA) is 75.4 Å². The zero-order chi connectivity index (χ0) is 89.5. The van der Waals surface area contributed by atoms with Crippen molar-refractivity contribution in [3.05, 3.63) is 460 Å². The normalized spacial score (nSPS) is 12.0. The number of benzene rings is 22. The van der Waals surface area contributed by atoms with E-state index in [2.05, 4.69) is 491 Å². The molecule has 10 heteroatoms. The third-order valence-electron chi connectivity index (χ3n) is 28.2. The van der Waals surface area contributed by atoms with Crippen molar-refractivity contribution in [1.29, 1.82) is 0 Å². The Balaban J connectivity index is 0.752. The zero-order valence-electron chi connectivity index (χ0n) is 74.0. The number of nitrogens with zero attached hydrogens (tertiary/aromatic N) is 6. The van der Waals surface area contributed by atoms with Crippen LogP contribution in [0.4, 0.5) is 68.2 Å². The summed E-state index contributed by atoms with van der Waals surface area (Å²) >= 11 is 0. The molecule has 136 heavy (non-hydrogen) atoms. The standard InChI is InChI=1S/C126H80N6O4/c1-77-35-12-24-59-101(77)131(105-63-33-57-98-91-50-22-28-67-117(91)135-125(98)105)109-75-112-119(94-53-18-15-46-86(94)109)120-95-54-19-16-47-87(95)110(132(102-60-25-13-36-78(102)2)106-64-34-58-99-92-51-23-29-68-118(92)136-126(99)106)76-113(120)130(112)84-44-30-37-79(71-84)80-69-70-88-100(72-80)122-114(74-108(88)128(82-40-8-4-9-41-82)104-62-32-56-97-90-49-21-27-66-116(90)134-124(97)104)129(83-42-10-5-11-43-83)111-73-107(85-45-14-17-52-93(85)121(111)122)127(81-38-6-3-7-39-81)103-61-31-55-96-89-48-20-26-65-115(89)133-123(96)103/h3-76H,1-2H3. The Bertz CT molecular complexity index is 9580. The first-order valence-electron chi connectivity index (χ1n) is 46.4. The molecule has 638 valence electrons. The monoisotopic (exact) mass is 1740 g/mol. The fourth-order valence-electron chi connectivity index (χ4n) is 22.3. The van der Waals surface area contributed by atoms with Crippen molar-refractivity contribution in [2.45, 2.75) is 13.8 Å². The van der Waals surface area contributed by atoms with Crippen LogP contribution in [0.3, 0.4) is 0 Å². The highest BCUT2D eigenvalue weighted by atomic mass is 16.3. The van der Waals surface area contributed by atoms with Crippen LogP contribution in [0.5, 0.6) is 0 Å². The molecule has 0 unspecified atom stereocenters. The van der Waals surface area contributed by atoms with Gasteiger partial charge in [-0.3, -0.25) is 0 Å². The van der Waals surface area contributed by atoms with Gasteiger partial charge in [-0.15, -0.1) is 0 Å². The van der Waals surface area contributed by atoms with E-state index in [1.807, 2.05) is 0 Å². The van der Waals surface area contributed by atoms with Crippen LogP contribution in [0.15, 0.2) is 467 Å². The summed E-state index contributed by atoms with van der Waals surface area (Å²) < 4.78 is 33.6. The maximum Gasteiger partial charge on any atom is 0.159 e. The molecule has 0 saturated carbocycles. The molecule has 0 aliphatic heterocycles. The van der Waals surface area contributed by atoms with Crippen LogP contribution in [0.1, 0.15) is 11.1 Å². The largest absolute Gasteiger partial charge is 0.454 e. The molecule has 22 aromatic carbocycles. The predicted octanol–water partition coefficient (Wildman–Crippen LogP) is 36.3. The van der Waals surface area contributed by atoms with Gasteiger partial charge in [0.25, 0.3) is 0 Å². The van der Waals surface area contributed by atoms with Crippen LogP contribution < -0.4 is 19.6 Å². The van der Waals surface area contributed by atoms with Gasteiger partial charge in [-0.05, 0) is 197 Å². The van der Waals surface area contributed by atoms with Gasteiger partial charge in [0.05, 0.1) is 67.6 Å². The van der Waals surface area contributed by atoms with E-state index in [4.69, 9.17) is 17.7 Å². The minimum atomic E-state index is 0.789. The number of aryl methyl sites for hydroxylation is 2. The summed E-state index contributed by atoms with van der Waals surface area (Å²) in [6, 6.07) is 163. The van der Waals surface area contributed by atoms with Crippen molar-refractivity contribution < 1.29 is 17.7 Å². The number of anilines is 12. The molecule has 28 aromatic rings. The van der Waals surface area contributed by atoms with E-state index in [-0.39, 0.29) is 0 Å². The molecular weight excluding hydrogens is 1660 g/mol. The van der Waals surface area contributed by atoms with Crippen LogP contribution in [0.2, 0.25) is 0 Å². The zero-order valence-corrected chi connectivity index (χ0v) is 74.0. The van der Waals surface area contributed by atoms with Crippen LogP contribution in [-0.2, 0) is 0 Å². The van der Waals surface area contributed by atoms with Gasteiger partial charge in [0, 0.05) is 120 Å². The predicted molar refractivity (Wildman–Crippen MR) is 568 cm³/mol. The number of rotatable bonds is 15. The summed E-state index contributed by atoms with van der Waals surface area (Å²) in [5, 5.41) is 21.5. The second-order valence-electron chi connectivity index (χ2n) is 35.7. The molecule has 0 radical (unpaired) electrons. The Morgan fingerprint density at radius 2 is 0.434 bits per heavy atom. The molecule has 0 atom stereocenters. The van der Waals surface area contributed by atoms with Crippen LogP contribution in [0.25, 0.3) is 197 Å². The van der Waals surface area contributed by atoms with E-state index in [0.29, 0.717) is 0 Å². The second-order valence-corrected chi connectivity index (χ2v) is 35.7. The van der Waals surface area contributed by atoms with E-state index in [0.717, 1.165) is 276 Å². The summed E-state index contributed by atoms with van der Waals surface area (Å²) in [4.78, 5) is 9.76. The molecule has 0 aliphatic rings. The van der Waals surface area contributed by atoms with Gasteiger partial charge in [0.15, 0.2) is 22.3 Å². The third-order valence-corrected chi connectivity index (χ3v) is 28.2. The van der Waals surface area contributed by atoms with Crippen molar-refractivity contribution >= 4 is 243 Å². The summed E-state index contributed by atoms with van der Waals surface area (Å²) in [6.45, 7) is 4.44. The Morgan fingerprint density at radius 3 is 0.816 bits per heavy atom. The Labute approximate surface area is 780 Å². The number of para-hydroxylation sites is 13. The van der Waals surface area contributed by atoms with Crippen LogP contribution in [-0.4, -0.2) is 9.13 Å². The van der Waals surface area contributed by atoms with Crippen LogP contribution in [0, 0.1) is 13.8 Å². The summed E-state index contributed by atoms with van der Waals surface area (Å²) in [5.41, 5.74) is 28.5. The van der Waals surface area contributed by atoms with Crippen molar-refractivity contribution in [3.63, 3.8) is 0 Å². The van der Waals surface area contributed by atoms with Gasteiger partial charge in [-0.2, -0.15) is 0 Å². The molecule has 0 N–H and O–H groups in total. The van der Waals surface area contributed by atoms with Crippen molar-refractivity contribution in [1.82, 2.24) is 9.13 Å². The maximum absolute atomic E-state index is 7.17. The van der Waals surface area contributed by atoms with Gasteiger partial charge >= 0.3 is 0 Å². The lowest BCUT2D eigenvalue weighted by Gasteiger charge is -2.28. The van der Waals surface area contributed by atoms with E-state index < -0.39 is 0 Å². The molecule has 0 bridgehead atoms. The Hall–Kier alpha value is -18.1. The number of furan rings is 4. The fraction of sp³-hybridized carbons (Fsp3) is 0.0159. The molecule has 0 fully saturated rings. The molecule has 0 aliphatic carbocycles. The number of hydrogen-bond acceptors (Lipinski definition) is 8. The highest BCUT2D eigenvalue weighted by Gasteiger charge is 2.34. The van der Waals surface area contributed by atoms with Crippen molar-refractivity contribution in [2.24, 2.45) is 0 Å². The molecule has 6 heterocycles. The molecule has 28 rings (SSSR count). The molecular formula is C126H80N6O4. The van der Waals surface area contributed by atoms with Gasteiger partial charge < -0.3 is 46.4 Å². The average molecular weight is 1740 g/mol. The first-order valence-corrected chi connectivity index (χ1v) is 46.4. The van der Waals surface area contributed by atoms with Crippen LogP contribution >= 0.6 is 0 Å². The molecule has 0 saturated heterocycles. The SMILES string of the molecule is Cc1ccccc1N(c1cc2c(c3ccccc13)c1c3ccccc3c(N(c3ccccc3C)c3cccc4c3oc3ccccc34)cc1n2-c1cccc(-c2ccc3c(N(c4ccccc4)c4cccc5c4oc4ccccc45)cc4c(c3c2)c2c3ccccc3c(N(c3ccccc3)c3cccc5c3oc3ccccc35)cc2n4-c2ccccc2)c1)c1cccc2c1oc1ccccc12. The van der Waals surface area contributed by atoms with Gasteiger partial charge in [-0.25, -0.2) is 0 Å². The number of fused-ring (bicyclic) bond motifs is 26. The fourth-order valence-corrected chi connectivity index (χ4v) is 22.3. The lowest BCUT2D eigenvalue weighted by Crippen LogP contribution is -2.12. The molecule has 10 nitrogen and oxygen atoms in total. The Morgan fingerprint density at radius 1 is 0.169 bits per heavy atom. The van der Waals surface area contributed by atoms with Gasteiger partial charge in [-0.1, -0.05) is 309 Å². The maximum atomic E-state index is 7.17. The highest BCUT2D eigenvalue weighted by molar-refractivity contribution is 6.35. The smallest absolute Gasteiger partial charge is 0.159 e. The minimum absolute atomic E-state index is 0.789. The number of hydrogen-bond donors (Lipinski definition) is 0. The lowest BCUT2D eigenvalue weighted by molar-refractivity contribution is 0.668. The molecule has 0 amide bonds. The van der Waals surface area contributed by atoms with E-state index in [1.165, 1.54) is 0 Å². The minimum Gasteiger partial charge on any atom is -0.454 e. The van der Waals surface area contributed by atoms with Gasteiger partial charge in [0.2, 0.25) is 0 Å². The summed E-state index contributed by atoms with van der Waals surface area (Å²) in [6.07, 6.45) is 0. The quantitative estimate of drug-likeness (QED) is 0.101. The van der Waals surface area contributed by atoms with E-state index in [9.17, 15) is 0 Å². The van der Waals surface area contributed by atoms with E-state index in [1.54, 1.807) is 0 Å². The average Bonchev–Trinajstić information content (AvgIpc) is 1.53. The second kappa shape index (κ2) is 30.2. The molecule has 6 aromatic heterocycles. The van der Waals surface area contributed by atoms with E-state index >= 15 is 0 Å². The summed E-state index contributed by atoms with van der Waals surface area (Å²) in [7, 11) is 0. The third kappa shape index (κ3) is 11.5. The summed E-state index contributed by atoms with van der Waals surface area (Å²) in [5.74, 6) is 0. The van der Waals surface area contributed by atoms with Crippen molar-refractivity contribution in [2.75, 3.05) is 19.6 Å².